The summed E-state index contributed by atoms with van der Waals surface area (Å²) in [7, 11) is 0. The Morgan fingerprint density at radius 1 is 1.12 bits per heavy atom. The van der Waals surface area contributed by atoms with Crippen molar-refractivity contribution in [3.63, 3.8) is 0 Å². The largest absolute Gasteiger partial charge is 0.390 e. The van der Waals surface area contributed by atoms with Crippen LogP contribution in [-0.4, -0.2) is 14.7 Å². The Kier molecular flexibility index (Phi) is 5.61. The number of aliphatic hydroxyl groups excluding tert-OH is 1. The molecule has 0 spiro atoms. The van der Waals surface area contributed by atoms with Gasteiger partial charge in [-0.1, -0.05) is 65.3 Å². The Labute approximate surface area is 151 Å². The molecule has 0 radical (unpaired) electrons. The number of benzene rings is 2. The maximum Gasteiger partial charge on any atom is 0.168 e. The highest BCUT2D eigenvalue weighted by atomic mass is 35.5. The van der Waals surface area contributed by atoms with Crippen LogP contribution in [0.15, 0.2) is 59.9 Å². The zero-order chi connectivity index (χ0) is 16.9. The minimum atomic E-state index is -0.0500. The van der Waals surface area contributed by atoms with E-state index in [0.29, 0.717) is 5.69 Å². The Morgan fingerprint density at radius 2 is 1.92 bits per heavy atom. The Hall–Kier alpha value is -1.75. The van der Waals surface area contributed by atoms with Crippen LogP contribution in [0, 0.1) is 6.92 Å². The first-order chi connectivity index (χ1) is 11.6. The molecular weight excluding hydrogens is 340 g/mol. The van der Waals surface area contributed by atoms with Gasteiger partial charge >= 0.3 is 0 Å². The highest BCUT2D eigenvalue weighted by Crippen LogP contribution is 2.24. The van der Waals surface area contributed by atoms with Crippen molar-refractivity contribution in [1.29, 1.82) is 0 Å². The third kappa shape index (κ3) is 4.41. The zero-order valence-electron chi connectivity index (χ0n) is 13.4. The van der Waals surface area contributed by atoms with Gasteiger partial charge in [-0.2, -0.15) is 0 Å². The van der Waals surface area contributed by atoms with Crippen molar-refractivity contribution in [2.75, 3.05) is 0 Å². The molecule has 1 heterocycles. The molecule has 24 heavy (non-hydrogen) atoms. The average Bonchev–Trinajstić information content (AvgIpc) is 2.97. The lowest BCUT2D eigenvalue weighted by Gasteiger charge is -2.08. The van der Waals surface area contributed by atoms with E-state index in [1.54, 1.807) is 11.8 Å². The summed E-state index contributed by atoms with van der Waals surface area (Å²) in [5, 5.41) is 11.0. The first-order valence-corrected chi connectivity index (χ1v) is 9.10. The van der Waals surface area contributed by atoms with Gasteiger partial charge in [0.15, 0.2) is 5.16 Å². The highest BCUT2D eigenvalue weighted by molar-refractivity contribution is 7.98. The van der Waals surface area contributed by atoms with E-state index in [1.165, 1.54) is 11.1 Å². The van der Waals surface area contributed by atoms with Crippen LogP contribution in [0.4, 0.5) is 0 Å². The number of thioether (sulfide) groups is 1. The van der Waals surface area contributed by atoms with Gasteiger partial charge < -0.3 is 9.67 Å². The fraction of sp³-hybridized carbons (Fsp3) is 0.211. The van der Waals surface area contributed by atoms with Gasteiger partial charge in [0.2, 0.25) is 0 Å². The average molecular weight is 359 g/mol. The third-order valence-electron chi connectivity index (χ3n) is 3.68. The van der Waals surface area contributed by atoms with E-state index in [9.17, 15) is 5.11 Å². The Balaban J connectivity index is 1.76. The summed E-state index contributed by atoms with van der Waals surface area (Å²) >= 11 is 7.69. The molecule has 124 valence electrons. The van der Waals surface area contributed by atoms with Crippen LogP contribution in [0.3, 0.4) is 0 Å². The molecule has 3 rings (SSSR count). The summed E-state index contributed by atoms with van der Waals surface area (Å²) in [4.78, 5) is 4.52. The number of imidazole rings is 1. The van der Waals surface area contributed by atoms with Crippen LogP contribution in [-0.2, 0) is 18.9 Å². The van der Waals surface area contributed by atoms with Crippen molar-refractivity contribution in [3.05, 3.63) is 82.1 Å². The molecule has 2 aromatic carbocycles. The number of hydrogen-bond donors (Lipinski definition) is 1. The zero-order valence-corrected chi connectivity index (χ0v) is 15.0. The van der Waals surface area contributed by atoms with Gasteiger partial charge in [0, 0.05) is 23.5 Å². The number of aromatic nitrogens is 2. The lowest BCUT2D eigenvalue weighted by molar-refractivity contribution is 0.277. The second-order valence-electron chi connectivity index (χ2n) is 5.71. The van der Waals surface area contributed by atoms with E-state index in [2.05, 4.69) is 46.8 Å². The van der Waals surface area contributed by atoms with Crippen LogP contribution in [0.2, 0.25) is 5.02 Å². The molecule has 1 aromatic heterocycles. The molecule has 0 bridgehead atoms. The van der Waals surface area contributed by atoms with Crippen molar-refractivity contribution in [2.24, 2.45) is 0 Å². The highest BCUT2D eigenvalue weighted by Gasteiger charge is 2.09. The van der Waals surface area contributed by atoms with Crippen LogP contribution < -0.4 is 0 Å². The number of rotatable bonds is 6. The molecule has 3 nitrogen and oxygen atoms in total. The molecule has 0 aliphatic carbocycles. The van der Waals surface area contributed by atoms with Gasteiger partial charge in [-0.25, -0.2) is 4.98 Å². The molecule has 1 N–H and O–H groups in total. The molecule has 0 aliphatic rings. The van der Waals surface area contributed by atoms with E-state index < -0.39 is 0 Å². The lowest BCUT2D eigenvalue weighted by atomic mass is 10.1. The minimum Gasteiger partial charge on any atom is -0.390 e. The van der Waals surface area contributed by atoms with E-state index >= 15 is 0 Å². The summed E-state index contributed by atoms with van der Waals surface area (Å²) in [5.41, 5.74) is 4.31. The lowest BCUT2D eigenvalue weighted by Crippen LogP contribution is -2.00. The van der Waals surface area contributed by atoms with Gasteiger partial charge in [0.1, 0.15) is 0 Å². The number of hydrogen-bond acceptors (Lipinski definition) is 3. The standard InChI is InChI=1S/C19H19ClN2OS/c1-14-5-7-15(8-6-14)10-22-11-18(12-23)21-19(22)24-13-16-3-2-4-17(20)9-16/h2-9,11,23H,10,12-13H2,1H3. The molecule has 0 saturated carbocycles. The Bertz CT molecular complexity index is 814. The summed E-state index contributed by atoms with van der Waals surface area (Å²) in [6.07, 6.45) is 1.92. The molecule has 0 amide bonds. The monoisotopic (exact) mass is 358 g/mol. The van der Waals surface area contributed by atoms with Crippen LogP contribution in [0.1, 0.15) is 22.4 Å². The maximum absolute atomic E-state index is 9.40. The molecular formula is C19H19ClN2OS. The van der Waals surface area contributed by atoms with Crippen LogP contribution in [0.25, 0.3) is 0 Å². The van der Waals surface area contributed by atoms with Crippen molar-refractivity contribution < 1.29 is 5.11 Å². The fourth-order valence-corrected chi connectivity index (χ4v) is 3.57. The van der Waals surface area contributed by atoms with Gasteiger partial charge in [-0.15, -0.1) is 0 Å². The van der Waals surface area contributed by atoms with Crippen molar-refractivity contribution >= 4 is 23.4 Å². The Morgan fingerprint density at radius 3 is 2.62 bits per heavy atom. The van der Waals surface area contributed by atoms with Gasteiger partial charge in [-0.3, -0.25) is 0 Å². The van der Waals surface area contributed by atoms with Gasteiger partial charge in [0.05, 0.1) is 12.3 Å². The van der Waals surface area contributed by atoms with Crippen LogP contribution >= 0.6 is 23.4 Å². The van der Waals surface area contributed by atoms with Crippen molar-refractivity contribution in [2.45, 2.75) is 31.0 Å². The number of aryl methyl sites for hydroxylation is 1. The first kappa shape index (κ1) is 17.1. The summed E-state index contributed by atoms with van der Waals surface area (Å²) in [6, 6.07) is 16.3. The minimum absolute atomic E-state index is 0.0500. The molecule has 0 atom stereocenters. The smallest absolute Gasteiger partial charge is 0.168 e. The second-order valence-corrected chi connectivity index (χ2v) is 7.08. The molecule has 0 saturated heterocycles. The summed E-state index contributed by atoms with van der Waals surface area (Å²) in [5.74, 6) is 0.788. The normalized spacial score (nSPS) is 11.0. The fourth-order valence-electron chi connectivity index (χ4n) is 2.42. The quantitative estimate of drug-likeness (QED) is 0.650. The van der Waals surface area contributed by atoms with Crippen molar-refractivity contribution in [1.82, 2.24) is 9.55 Å². The predicted octanol–water partition coefficient (Wildman–Crippen LogP) is 4.68. The predicted molar refractivity (Wildman–Crippen MR) is 99.4 cm³/mol. The van der Waals surface area contributed by atoms with Crippen molar-refractivity contribution in [3.8, 4) is 0 Å². The summed E-state index contributed by atoms with van der Waals surface area (Å²) < 4.78 is 2.09. The number of halogens is 1. The second kappa shape index (κ2) is 7.88. The molecule has 3 aromatic rings. The first-order valence-electron chi connectivity index (χ1n) is 7.74. The molecule has 5 heteroatoms. The van der Waals surface area contributed by atoms with E-state index in [-0.39, 0.29) is 6.61 Å². The van der Waals surface area contributed by atoms with Crippen LogP contribution in [0.5, 0.6) is 0 Å². The van der Waals surface area contributed by atoms with Gasteiger partial charge in [-0.05, 0) is 30.2 Å². The van der Waals surface area contributed by atoms with E-state index in [0.717, 1.165) is 28.0 Å². The molecule has 0 aliphatic heterocycles. The summed E-state index contributed by atoms with van der Waals surface area (Å²) in [6.45, 7) is 2.77. The maximum atomic E-state index is 9.40. The third-order valence-corrected chi connectivity index (χ3v) is 4.98. The number of aliphatic hydroxyl groups is 1. The molecule has 0 unspecified atom stereocenters. The van der Waals surface area contributed by atoms with Gasteiger partial charge in [0.25, 0.3) is 0 Å². The number of nitrogens with zero attached hydrogens (tertiary/aromatic N) is 2. The topological polar surface area (TPSA) is 38.0 Å². The van der Waals surface area contributed by atoms with E-state index in [4.69, 9.17) is 11.6 Å². The molecule has 0 fully saturated rings. The van der Waals surface area contributed by atoms with E-state index in [1.807, 2.05) is 24.4 Å². The SMILES string of the molecule is Cc1ccc(Cn2cc(CO)nc2SCc2cccc(Cl)c2)cc1.